The first-order valence-electron chi connectivity index (χ1n) is 17.7. The van der Waals surface area contributed by atoms with Gasteiger partial charge in [-0.2, -0.15) is 8.61 Å². The second kappa shape index (κ2) is 16.0. The Balaban J connectivity index is 1.58. The highest BCUT2D eigenvalue weighted by atomic mass is 32.2. The topological polar surface area (TPSA) is 174 Å². The standard InChI is InChI=1S/C35H51N4O10PS2/c1-34(2,3)48-50(41,49-35(4,5)6)47-25-46-37-33-29-18-16-26(51(42,43)38-19-11-7-8-12-20-38)23-30(29)32(36-40)28-17-15-27(24-31(28)33)52(44,45)39-21-13-9-10-14-22-39/h15-18,23-24,40H,7-14,19-22,25H2,1-6H3. The Labute approximate surface area is 307 Å². The molecule has 1 aliphatic carbocycles. The summed E-state index contributed by atoms with van der Waals surface area (Å²) in [6.07, 6.45) is 6.82. The highest BCUT2D eigenvalue weighted by Gasteiger charge is 2.38. The maximum atomic E-state index is 13.9. The normalized spacial score (nSPS) is 20.3. The summed E-state index contributed by atoms with van der Waals surface area (Å²) in [6.45, 7) is 11.1. The van der Waals surface area contributed by atoms with E-state index in [4.69, 9.17) is 18.4 Å². The van der Waals surface area contributed by atoms with E-state index in [0.717, 1.165) is 51.4 Å². The van der Waals surface area contributed by atoms with Gasteiger partial charge in [0, 0.05) is 48.4 Å². The zero-order chi connectivity index (χ0) is 38.0. The van der Waals surface area contributed by atoms with Gasteiger partial charge in [0.15, 0.2) is 0 Å². The fourth-order valence-corrected chi connectivity index (χ4v) is 11.2. The van der Waals surface area contributed by atoms with E-state index in [1.165, 1.54) is 45.0 Å². The maximum Gasteiger partial charge on any atom is 0.478 e. The first-order chi connectivity index (χ1) is 24.3. The molecule has 0 bridgehead atoms. The van der Waals surface area contributed by atoms with Crippen LogP contribution in [0.3, 0.4) is 0 Å². The van der Waals surface area contributed by atoms with E-state index in [0.29, 0.717) is 37.3 Å². The van der Waals surface area contributed by atoms with Crippen molar-refractivity contribution in [2.45, 2.75) is 114 Å². The van der Waals surface area contributed by atoms with Crippen molar-refractivity contribution in [2.75, 3.05) is 33.0 Å². The van der Waals surface area contributed by atoms with Crippen LogP contribution in [0.2, 0.25) is 0 Å². The average Bonchev–Trinajstić information content (AvgIpc) is 3.51. The van der Waals surface area contributed by atoms with E-state index in [1.807, 2.05) is 0 Å². The van der Waals surface area contributed by atoms with Gasteiger partial charge in [-0.05, 0) is 91.5 Å². The van der Waals surface area contributed by atoms with Crippen LogP contribution in [0, 0.1) is 0 Å². The molecule has 14 nitrogen and oxygen atoms in total. The van der Waals surface area contributed by atoms with E-state index in [9.17, 15) is 26.6 Å². The molecule has 1 N–H and O–H groups in total. The molecule has 0 radical (unpaired) electrons. The van der Waals surface area contributed by atoms with Crippen molar-refractivity contribution in [3.05, 3.63) is 58.7 Å². The number of benzene rings is 2. The lowest BCUT2D eigenvalue weighted by Crippen LogP contribution is -2.33. The molecule has 5 rings (SSSR count). The molecule has 288 valence electrons. The van der Waals surface area contributed by atoms with Crippen LogP contribution in [0.1, 0.15) is 115 Å². The molecule has 2 fully saturated rings. The molecule has 0 unspecified atom stereocenters. The van der Waals surface area contributed by atoms with Gasteiger partial charge in [-0.25, -0.2) is 25.9 Å². The summed E-state index contributed by atoms with van der Waals surface area (Å²) in [6, 6.07) is 8.82. The number of phosphoric ester groups is 1. The molecule has 0 aromatic heterocycles. The minimum Gasteiger partial charge on any atom is -0.410 e. The van der Waals surface area contributed by atoms with Crippen LogP contribution in [-0.2, 0) is 43.0 Å². The third-order valence-electron chi connectivity index (χ3n) is 8.70. The molecule has 0 spiro atoms. The summed E-state index contributed by atoms with van der Waals surface area (Å²) in [4.78, 5) is 5.62. The quantitative estimate of drug-likeness (QED) is 0.0755. The number of sulfonamides is 2. The molecule has 17 heteroatoms. The van der Waals surface area contributed by atoms with Gasteiger partial charge in [0.2, 0.25) is 26.8 Å². The Morgan fingerprint density at radius 2 is 1.06 bits per heavy atom. The molecule has 2 aliphatic heterocycles. The Kier molecular flexibility index (Phi) is 12.4. The van der Waals surface area contributed by atoms with Crippen LogP contribution in [0.25, 0.3) is 0 Å². The highest BCUT2D eigenvalue weighted by Crippen LogP contribution is 2.55. The van der Waals surface area contributed by atoms with Crippen molar-refractivity contribution in [3.63, 3.8) is 0 Å². The highest BCUT2D eigenvalue weighted by molar-refractivity contribution is 7.89. The summed E-state index contributed by atoms with van der Waals surface area (Å²) in [5, 5.41) is 18.2. The third-order valence-corrected chi connectivity index (χ3v) is 14.5. The van der Waals surface area contributed by atoms with E-state index >= 15 is 0 Å². The molecule has 52 heavy (non-hydrogen) atoms. The Hall–Kier alpha value is -2.69. The van der Waals surface area contributed by atoms with Crippen molar-refractivity contribution in [3.8, 4) is 0 Å². The predicted octanol–water partition coefficient (Wildman–Crippen LogP) is 6.84. The van der Waals surface area contributed by atoms with Crippen LogP contribution in [0.15, 0.2) is 56.5 Å². The monoisotopic (exact) mass is 782 g/mol. The van der Waals surface area contributed by atoms with Crippen molar-refractivity contribution in [1.29, 1.82) is 0 Å². The number of nitrogens with zero attached hydrogens (tertiary/aromatic N) is 4. The average molecular weight is 783 g/mol. The van der Waals surface area contributed by atoms with Gasteiger partial charge < -0.3 is 10.0 Å². The molecule has 2 aromatic carbocycles. The van der Waals surface area contributed by atoms with Crippen molar-refractivity contribution in [1.82, 2.24) is 8.61 Å². The predicted molar refractivity (Wildman–Crippen MR) is 197 cm³/mol. The van der Waals surface area contributed by atoms with Crippen molar-refractivity contribution in [2.24, 2.45) is 10.3 Å². The van der Waals surface area contributed by atoms with Gasteiger partial charge in [-0.1, -0.05) is 48.1 Å². The Bertz CT molecular complexity index is 1920. The molecule has 0 amide bonds. The molecule has 0 saturated carbocycles. The van der Waals surface area contributed by atoms with Crippen LogP contribution < -0.4 is 0 Å². The SMILES string of the molecule is CC(C)(C)OP(=O)(OCON=C1c2ccc(S(=O)(=O)N3CCCCCC3)cc2C(=NO)c2ccc(S(=O)(=O)N3CCCCCC3)cc21)OC(C)(C)C. The third kappa shape index (κ3) is 9.51. The lowest BCUT2D eigenvalue weighted by Gasteiger charge is -2.30. The molecule has 0 atom stereocenters. The second-order valence-electron chi connectivity index (χ2n) is 15.2. The Morgan fingerprint density at radius 1 is 0.654 bits per heavy atom. The molecule has 2 saturated heterocycles. The van der Waals surface area contributed by atoms with Gasteiger partial charge in [0.1, 0.15) is 11.4 Å². The summed E-state index contributed by atoms with van der Waals surface area (Å²) in [5.41, 5.74) is -0.503. The van der Waals surface area contributed by atoms with Crippen LogP contribution >= 0.6 is 7.82 Å². The summed E-state index contributed by atoms with van der Waals surface area (Å²) in [5.74, 6) is 0. The number of hydrogen-bond donors (Lipinski definition) is 1. The lowest BCUT2D eigenvalue weighted by atomic mass is 9.83. The number of phosphoric acid groups is 1. The van der Waals surface area contributed by atoms with Crippen molar-refractivity contribution >= 4 is 39.3 Å². The van der Waals surface area contributed by atoms with Crippen LogP contribution in [-0.4, -0.2) is 86.3 Å². The molecule has 3 aliphatic rings. The fraction of sp³-hybridized carbons (Fsp3) is 0.600. The second-order valence-corrected chi connectivity index (χ2v) is 20.6. The summed E-state index contributed by atoms with van der Waals surface area (Å²) in [7, 11) is -12.0. The zero-order valence-corrected chi connectivity index (χ0v) is 33.4. The van der Waals surface area contributed by atoms with Gasteiger partial charge >= 0.3 is 7.82 Å². The first kappa shape index (κ1) is 40.5. The minimum atomic E-state index is -4.17. The van der Waals surface area contributed by atoms with Gasteiger partial charge in [0.25, 0.3) is 0 Å². The number of hydrogen-bond acceptors (Lipinski definition) is 12. The van der Waals surface area contributed by atoms with E-state index in [1.54, 1.807) is 41.5 Å². The smallest absolute Gasteiger partial charge is 0.410 e. The number of oxime groups is 2. The molecule has 2 aromatic rings. The number of rotatable bonds is 10. The maximum absolute atomic E-state index is 13.9. The minimum absolute atomic E-state index is 0.0138. The van der Waals surface area contributed by atoms with E-state index in [-0.39, 0.29) is 32.3 Å². The molecule has 2 heterocycles. The zero-order valence-electron chi connectivity index (χ0n) is 30.8. The van der Waals surface area contributed by atoms with Crippen molar-refractivity contribution < 1.29 is 45.0 Å². The van der Waals surface area contributed by atoms with Gasteiger partial charge in [0.05, 0.1) is 21.0 Å². The van der Waals surface area contributed by atoms with Gasteiger partial charge in [-0.3, -0.25) is 9.05 Å². The molecular weight excluding hydrogens is 732 g/mol. The van der Waals surface area contributed by atoms with E-state index in [2.05, 4.69) is 10.3 Å². The molecular formula is C35H51N4O10PS2. The Morgan fingerprint density at radius 3 is 1.46 bits per heavy atom. The first-order valence-corrected chi connectivity index (χ1v) is 22.1. The van der Waals surface area contributed by atoms with Gasteiger partial charge in [-0.15, -0.1) is 0 Å². The summed E-state index contributed by atoms with van der Waals surface area (Å²) < 4.78 is 88.8. The van der Waals surface area contributed by atoms with Crippen LogP contribution in [0.5, 0.6) is 0 Å². The largest absolute Gasteiger partial charge is 0.478 e. The number of fused-ring (bicyclic) bond motifs is 2. The van der Waals surface area contributed by atoms with Crippen LogP contribution in [0.4, 0.5) is 0 Å². The lowest BCUT2D eigenvalue weighted by molar-refractivity contribution is -0.0476. The summed E-state index contributed by atoms with van der Waals surface area (Å²) >= 11 is 0. The fourth-order valence-electron chi connectivity index (χ4n) is 6.45. The van der Waals surface area contributed by atoms with E-state index < -0.39 is 45.9 Å².